The fourth-order valence-electron chi connectivity index (χ4n) is 3.72. The van der Waals surface area contributed by atoms with E-state index in [1.807, 2.05) is 6.07 Å². The van der Waals surface area contributed by atoms with Crippen molar-refractivity contribution in [1.29, 1.82) is 5.26 Å². The zero-order valence-electron chi connectivity index (χ0n) is 16.9. The summed E-state index contributed by atoms with van der Waals surface area (Å²) in [6, 6.07) is 5.04. The Morgan fingerprint density at radius 3 is 2.76 bits per heavy atom. The van der Waals surface area contributed by atoms with Crippen LogP contribution in [-0.4, -0.2) is 29.7 Å². The second-order valence-corrected chi connectivity index (χ2v) is 7.98. The summed E-state index contributed by atoms with van der Waals surface area (Å²) in [5.74, 6) is 0.0697. The fourth-order valence-corrected chi connectivity index (χ4v) is 3.86. The first-order valence-electron chi connectivity index (χ1n) is 9.88. The van der Waals surface area contributed by atoms with Gasteiger partial charge in [-0.1, -0.05) is 11.6 Å². The Kier molecular flexibility index (Phi) is 4.83. The number of nitrogens with one attached hydrogen (secondary N) is 2. The van der Waals surface area contributed by atoms with Crippen LogP contribution in [0.1, 0.15) is 30.3 Å². The number of hydrogen-bond donors (Lipinski definition) is 4. The number of hydrogen-bond acceptors (Lipinski definition) is 9. The average molecular weight is 467 g/mol. The lowest BCUT2D eigenvalue weighted by atomic mass is 10.1. The van der Waals surface area contributed by atoms with Gasteiger partial charge in [0.1, 0.15) is 34.4 Å². The summed E-state index contributed by atoms with van der Waals surface area (Å²) in [7, 11) is 0. The molecule has 1 aromatic carbocycles. The van der Waals surface area contributed by atoms with Gasteiger partial charge >= 0.3 is 0 Å². The number of aromatic amines is 1. The summed E-state index contributed by atoms with van der Waals surface area (Å²) in [4.78, 5) is 26.1. The van der Waals surface area contributed by atoms with Gasteiger partial charge in [0, 0.05) is 6.07 Å². The summed E-state index contributed by atoms with van der Waals surface area (Å²) in [5.41, 5.74) is 11.0. The zero-order valence-corrected chi connectivity index (χ0v) is 17.6. The first kappa shape index (κ1) is 20.7. The lowest BCUT2D eigenvalue weighted by Crippen LogP contribution is -2.30. The summed E-state index contributed by atoms with van der Waals surface area (Å²) in [6.45, 7) is 0. The molecule has 3 aromatic heterocycles. The number of fused-ring (bicyclic) bond motifs is 1. The number of aromatic nitrogens is 6. The maximum atomic E-state index is 14.1. The van der Waals surface area contributed by atoms with E-state index in [2.05, 4.69) is 30.5 Å². The number of nitriles is 1. The molecule has 5 rings (SSSR count). The van der Waals surface area contributed by atoms with Gasteiger partial charge in [-0.25, -0.2) is 13.9 Å². The highest BCUT2D eigenvalue weighted by atomic mass is 35.5. The highest BCUT2D eigenvalue weighted by Crippen LogP contribution is 2.43. The third-order valence-corrected chi connectivity index (χ3v) is 5.74. The molecule has 33 heavy (non-hydrogen) atoms. The third-order valence-electron chi connectivity index (χ3n) is 5.37. The molecule has 1 fully saturated rings. The van der Waals surface area contributed by atoms with Crippen molar-refractivity contribution in [1.82, 2.24) is 29.7 Å². The van der Waals surface area contributed by atoms with Gasteiger partial charge in [-0.15, -0.1) is 0 Å². The van der Waals surface area contributed by atoms with Gasteiger partial charge < -0.3 is 16.8 Å². The van der Waals surface area contributed by atoms with Gasteiger partial charge in [-0.2, -0.15) is 20.3 Å². The zero-order chi connectivity index (χ0) is 23.3. The van der Waals surface area contributed by atoms with Gasteiger partial charge in [0.25, 0.3) is 5.56 Å². The number of nitrogen functional groups attached to an aromatic ring is 2. The predicted octanol–water partition coefficient (Wildman–Crippen LogP) is 2.29. The molecule has 1 atom stereocenters. The molecular formula is C20H16ClFN10O. The standard InChI is InChI=1S/C20H16ClFN10O/c21-13-16(24)29-20(25)30-17(13)27-15(8-1-2-8)18-28-14-9(7-23)5-10(22)6-11(14)19(33)32(18)12-3-4-26-31-12/h3-6,8,15H,1-2H2,(H,26,31)(H5,24,25,27,29,30). The molecule has 166 valence electrons. The van der Waals surface area contributed by atoms with Crippen LogP contribution in [0.4, 0.5) is 22.0 Å². The highest BCUT2D eigenvalue weighted by molar-refractivity contribution is 6.35. The van der Waals surface area contributed by atoms with Gasteiger partial charge in [0.05, 0.1) is 28.7 Å². The summed E-state index contributed by atoms with van der Waals surface area (Å²) in [6.07, 6.45) is 3.16. The van der Waals surface area contributed by atoms with Crippen molar-refractivity contribution in [2.45, 2.75) is 18.9 Å². The number of H-pyrrole nitrogens is 1. The van der Waals surface area contributed by atoms with E-state index in [-0.39, 0.29) is 50.8 Å². The molecule has 13 heteroatoms. The smallest absolute Gasteiger partial charge is 0.267 e. The Labute approximate surface area is 190 Å². The lowest BCUT2D eigenvalue weighted by Gasteiger charge is -2.23. The molecule has 1 aliphatic carbocycles. The molecule has 1 unspecified atom stereocenters. The topological polar surface area (TPSA) is 177 Å². The summed E-state index contributed by atoms with van der Waals surface area (Å²) in [5, 5.41) is 19.4. The molecule has 11 nitrogen and oxygen atoms in total. The molecule has 0 amide bonds. The Balaban J connectivity index is 1.78. The van der Waals surface area contributed by atoms with E-state index < -0.39 is 17.4 Å². The van der Waals surface area contributed by atoms with Gasteiger partial charge in [0.15, 0.2) is 5.82 Å². The van der Waals surface area contributed by atoms with Crippen molar-refractivity contribution in [2.24, 2.45) is 5.92 Å². The molecule has 0 aliphatic heterocycles. The van der Waals surface area contributed by atoms with Crippen molar-refractivity contribution in [2.75, 3.05) is 16.8 Å². The normalized spacial score (nSPS) is 14.2. The van der Waals surface area contributed by atoms with E-state index in [1.165, 1.54) is 10.8 Å². The first-order chi connectivity index (χ1) is 15.9. The van der Waals surface area contributed by atoms with Crippen molar-refractivity contribution >= 4 is 40.1 Å². The third kappa shape index (κ3) is 3.58. The van der Waals surface area contributed by atoms with E-state index in [0.29, 0.717) is 5.82 Å². The molecule has 0 spiro atoms. The number of halogens is 2. The van der Waals surface area contributed by atoms with Crippen molar-refractivity contribution < 1.29 is 4.39 Å². The second-order valence-electron chi connectivity index (χ2n) is 7.60. The van der Waals surface area contributed by atoms with Crippen LogP contribution >= 0.6 is 11.6 Å². The molecule has 4 aromatic rings. The Morgan fingerprint density at radius 2 is 2.09 bits per heavy atom. The maximum absolute atomic E-state index is 14.1. The van der Waals surface area contributed by atoms with Crippen LogP contribution in [0, 0.1) is 23.1 Å². The Bertz CT molecular complexity index is 1490. The Morgan fingerprint density at radius 1 is 1.30 bits per heavy atom. The maximum Gasteiger partial charge on any atom is 0.267 e. The minimum atomic E-state index is -0.711. The molecular weight excluding hydrogens is 451 g/mol. The summed E-state index contributed by atoms with van der Waals surface area (Å²) < 4.78 is 15.4. The minimum absolute atomic E-state index is 0.000819. The Hall–Kier alpha value is -4.24. The molecule has 0 radical (unpaired) electrons. The van der Waals surface area contributed by atoms with E-state index in [0.717, 1.165) is 25.0 Å². The van der Waals surface area contributed by atoms with E-state index in [4.69, 9.17) is 23.1 Å². The van der Waals surface area contributed by atoms with Crippen molar-refractivity contribution in [3.05, 3.63) is 57.0 Å². The van der Waals surface area contributed by atoms with Crippen LogP contribution in [0.5, 0.6) is 0 Å². The highest BCUT2D eigenvalue weighted by Gasteiger charge is 2.37. The van der Waals surface area contributed by atoms with Crippen LogP contribution in [0.15, 0.2) is 29.2 Å². The van der Waals surface area contributed by atoms with E-state index >= 15 is 0 Å². The van der Waals surface area contributed by atoms with E-state index in [9.17, 15) is 14.4 Å². The summed E-state index contributed by atoms with van der Waals surface area (Å²) >= 11 is 6.29. The van der Waals surface area contributed by atoms with Crippen LogP contribution in [-0.2, 0) is 0 Å². The number of anilines is 3. The predicted molar refractivity (Wildman–Crippen MR) is 119 cm³/mol. The molecule has 0 bridgehead atoms. The number of nitrogens with zero attached hydrogens (tertiary/aromatic N) is 6. The number of rotatable bonds is 5. The number of nitrogens with two attached hydrogens (primary N) is 2. The number of benzene rings is 1. The SMILES string of the molecule is N#Cc1cc(F)cc2c(=O)n(-c3ccn[nH]3)c(C(Nc3nc(N)nc(N)c3Cl)C3CC3)nc12. The molecule has 1 saturated carbocycles. The van der Waals surface area contributed by atoms with Crippen LogP contribution in [0.2, 0.25) is 5.02 Å². The first-order valence-corrected chi connectivity index (χ1v) is 10.3. The lowest BCUT2D eigenvalue weighted by molar-refractivity contribution is 0.604. The van der Waals surface area contributed by atoms with E-state index in [1.54, 1.807) is 6.07 Å². The molecule has 6 N–H and O–H groups in total. The minimum Gasteiger partial charge on any atom is -0.382 e. The average Bonchev–Trinajstić information content (AvgIpc) is 3.48. The van der Waals surface area contributed by atoms with Crippen molar-refractivity contribution in [3.63, 3.8) is 0 Å². The van der Waals surface area contributed by atoms with Gasteiger partial charge in [-0.05, 0) is 30.9 Å². The van der Waals surface area contributed by atoms with Gasteiger partial charge in [-0.3, -0.25) is 9.89 Å². The van der Waals surface area contributed by atoms with Crippen LogP contribution in [0.25, 0.3) is 16.7 Å². The van der Waals surface area contributed by atoms with Crippen LogP contribution in [0.3, 0.4) is 0 Å². The largest absolute Gasteiger partial charge is 0.382 e. The van der Waals surface area contributed by atoms with Crippen LogP contribution < -0.4 is 22.3 Å². The monoisotopic (exact) mass is 466 g/mol. The second kappa shape index (κ2) is 7.72. The molecule has 1 aliphatic rings. The van der Waals surface area contributed by atoms with Crippen molar-refractivity contribution in [3.8, 4) is 11.9 Å². The molecule has 0 saturated heterocycles. The van der Waals surface area contributed by atoms with Gasteiger partial charge in [0.2, 0.25) is 5.95 Å². The fraction of sp³-hybridized carbons (Fsp3) is 0.200. The molecule has 3 heterocycles. The quantitative estimate of drug-likeness (QED) is 0.343.